The summed E-state index contributed by atoms with van der Waals surface area (Å²) in [4.78, 5) is 0. The van der Waals surface area contributed by atoms with Gasteiger partial charge in [-0.3, -0.25) is 0 Å². The van der Waals surface area contributed by atoms with Gasteiger partial charge in [0.25, 0.3) is 0 Å². The minimum atomic E-state index is -1.78. The number of rotatable bonds is 7. The van der Waals surface area contributed by atoms with Gasteiger partial charge in [-0.05, 0) is 54.1 Å². The van der Waals surface area contributed by atoms with Gasteiger partial charge in [-0.2, -0.15) is 0 Å². The average Bonchev–Trinajstić information content (AvgIpc) is 2.82. The topological polar surface area (TPSA) is 9.23 Å². The first-order chi connectivity index (χ1) is 14.3. The Morgan fingerprint density at radius 3 is 1.50 bits per heavy atom. The average molecular weight is 433 g/mol. The van der Waals surface area contributed by atoms with Crippen molar-refractivity contribution < 1.29 is 17.1 Å². The lowest BCUT2D eigenvalue weighted by atomic mass is 10.2. The SMILES string of the molecule is COc1cccc(CC[P+](c2ccccc2)(c2ccccc2)c2ccccc2)c1.[Cl-]. The van der Waals surface area contributed by atoms with Gasteiger partial charge < -0.3 is 17.1 Å². The molecule has 0 spiro atoms. The lowest BCUT2D eigenvalue weighted by Crippen LogP contribution is -3.00. The van der Waals surface area contributed by atoms with Crippen LogP contribution in [0.1, 0.15) is 5.56 Å². The molecule has 4 rings (SSSR count). The van der Waals surface area contributed by atoms with Crippen LogP contribution in [0.2, 0.25) is 0 Å². The summed E-state index contributed by atoms with van der Waals surface area (Å²) in [6.07, 6.45) is 2.09. The van der Waals surface area contributed by atoms with E-state index in [4.69, 9.17) is 4.74 Å². The van der Waals surface area contributed by atoms with Gasteiger partial charge in [-0.15, -0.1) is 0 Å². The molecular formula is C27H26ClOP. The molecule has 0 unspecified atom stereocenters. The molecule has 4 aromatic rings. The molecule has 0 aromatic heterocycles. The number of benzene rings is 4. The van der Waals surface area contributed by atoms with Crippen LogP contribution in [0.25, 0.3) is 0 Å². The van der Waals surface area contributed by atoms with E-state index < -0.39 is 7.26 Å². The Bertz CT molecular complexity index is 939. The van der Waals surface area contributed by atoms with Crippen molar-refractivity contribution in [3.05, 3.63) is 121 Å². The normalized spacial score (nSPS) is 10.8. The molecule has 4 aromatic carbocycles. The fraction of sp³-hybridized carbons (Fsp3) is 0.111. The maximum absolute atomic E-state index is 5.45. The molecule has 0 fully saturated rings. The molecule has 0 saturated heterocycles. The van der Waals surface area contributed by atoms with Crippen molar-refractivity contribution in [3.63, 3.8) is 0 Å². The van der Waals surface area contributed by atoms with Crippen molar-refractivity contribution >= 4 is 23.2 Å². The summed E-state index contributed by atoms with van der Waals surface area (Å²) in [5.41, 5.74) is 1.32. The van der Waals surface area contributed by atoms with Crippen molar-refractivity contribution in [2.45, 2.75) is 6.42 Å². The van der Waals surface area contributed by atoms with Crippen LogP contribution in [0.15, 0.2) is 115 Å². The second-order valence-electron chi connectivity index (χ2n) is 7.14. The summed E-state index contributed by atoms with van der Waals surface area (Å²) in [6.45, 7) is 0. The van der Waals surface area contributed by atoms with Gasteiger partial charge in [-0.25, -0.2) is 0 Å². The predicted octanol–water partition coefficient (Wildman–Crippen LogP) is 2.24. The molecule has 0 N–H and O–H groups in total. The van der Waals surface area contributed by atoms with Gasteiger partial charge in [-0.1, -0.05) is 66.7 Å². The largest absolute Gasteiger partial charge is 1.00 e. The Morgan fingerprint density at radius 1 is 0.600 bits per heavy atom. The minimum absolute atomic E-state index is 0. The Morgan fingerprint density at radius 2 is 1.07 bits per heavy atom. The van der Waals surface area contributed by atoms with E-state index in [0.717, 1.165) is 18.3 Å². The molecule has 0 heterocycles. The molecule has 152 valence electrons. The van der Waals surface area contributed by atoms with E-state index in [1.807, 2.05) is 6.07 Å². The van der Waals surface area contributed by atoms with Crippen molar-refractivity contribution in [1.82, 2.24) is 0 Å². The summed E-state index contributed by atoms with van der Waals surface area (Å²) in [5, 5.41) is 4.29. The summed E-state index contributed by atoms with van der Waals surface area (Å²) >= 11 is 0. The van der Waals surface area contributed by atoms with E-state index in [1.54, 1.807) is 7.11 Å². The minimum Gasteiger partial charge on any atom is -1.00 e. The zero-order valence-electron chi connectivity index (χ0n) is 17.1. The molecule has 0 aliphatic carbocycles. The Labute approximate surface area is 186 Å². The third-order valence-corrected chi connectivity index (χ3v) is 9.89. The second kappa shape index (κ2) is 10.4. The van der Waals surface area contributed by atoms with Gasteiger partial charge in [0.1, 0.15) is 28.9 Å². The highest BCUT2D eigenvalue weighted by Crippen LogP contribution is 2.55. The van der Waals surface area contributed by atoms with Gasteiger partial charge in [0.05, 0.1) is 13.3 Å². The van der Waals surface area contributed by atoms with Crippen LogP contribution in [0.3, 0.4) is 0 Å². The van der Waals surface area contributed by atoms with Crippen LogP contribution in [-0.4, -0.2) is 13.3 Å². The summed E-state index contributed by atoms with van der Waals surface area (Å²) in [6, 6.07) is 41.6. The van der Waals surface area contributed by atoms with Crippen LogP contribution >= 0.6 is 7.26 Å². The monoisotopic (exact) mass is 432 g/mol. The van der Waals surface area contributed by atoms with Crippen LogP contribution in [0, 0.1) is 0 Å². The van der Waals surface area contributed by atoms with Gasteiger partial charge in [0, 0.05) is 6.42 Å². The lowest BCUT2D eigenvalue weighted by Gasteiger charge is -2.27. The third kappa shape index (κ3) is 4.59. The van der Waals surface area contributed by atoms with Crippen LogP contribution in [-0.2, 0) is 6.42 Å². The first kappa shape index (κ1) is 22.1. The van der Waals surface area contributed by atoms with E-state index in [0.29, 0.717) is 0 Å². The van der Waals surface area contributed by atoms with Crippen molar-refractivity contribution in [2.24, 2.45) is 0 Å². The first-order valence-corrected chi connectivity index (χ1v) is 12.0. The fourth-order valence-corrected chi connectivity index (χ4v) is 8.31. The van der Waals surface area contributed by atoms with E-state index in [1.165, 1.54) is 21.5 Å². The molecule has 30 heavy (non-hydrogen) atoms. The quantitative estimate of drug-likeness (QED) is 0.407. The van der Waals surface area contributed by atoms with Gasteiger partial charge in [0.15, 0.2) is 0 Å². The fourth-order valence-electron chi connectivity index (χ4n) is 4.01. The third-order valence-electron chi connectivity index (χ3n) is 5.46. The van der Waals surface area contributed by atoms with Crippen LogP contribution in [0.4, 0.5) is 0 Å². The number of methoxy groups -OCH3 is 1. The smallest absolute Gasteiger partial charge is 0.119 e. The Hall–Kier alpha value is -2.60. The van der Waals surface area contributed by atoms with Gasteiger partial charge in [0.2, 0.25) is 0 Å². The highest BCUT2D eigenvalue weighted by molar-refractivity contribution is 7.95. The molecule has 0 radical (unpaired) electrons. The zero-order chi connectivity index (χ0) is 19.9. The van der Waals surface area contributed by atoms with E-state index in [2.05, 4.69) is 109 Å². The standard InChI is InChI=1S/C27H26OP.ClH/c1-28-24-13-11-12-23(22-24)20-21-29(25-14-5-2-6-15-25,26-16-7-3-8-17-26)27-18-9-4-10-19-27;/h2-19,22H,20-21H2,1H3;1H/q+1;/p-1. The number of aryl methyl sites for hydroxylation is 1. The van der Waals surface area contributed by atoms with Crippen molar-refractivity contribution in [1.29, 1.82) is 0 Å². The molecule has 0 aliphatic heterocycles. The maximum Gasteiger partial charge on any atom is 0.119 e. The van der Waals surface area contributed by atoms with Crippen LogP contribution in [0.5, 0.6) is 5.75 Å². The lowest BCUT2D eigenvalue weighted by molar-refractivity contribution is -0.00000596. The summed E-state index contributed by atoms with van der Waals surface area (Å²) in [7, 11) is -0.0526. The second-order valence-corrected chi connectivity index (χ2v) is 10.8. The molecule has 0 saturated carbocycles. The number of hydrogen-bond acceptors (Lipinski definition) is 1. The number of halogens is 1. The van der Waals surface area contributed by atoms with E-state index in [9.17, 15) is 0 Å². The molecular weight excluding hydrogens is 407 g/mol. The number of ether oxygens (including phenoxy) is 1. The summed E-state index contributed by atoms with van der Waals surface area (Å²) in [5.74, 6) is 0.922. The Balaban J connectivity index is 0.00000256. The van der Waals surface area contributed by atoms with Crippen molar-refractivity contribution in [2.75, 3.05) is 13.3 Å². The first-order valence-electron chi connectivity index (χ1n) is 10.0. The van der Waals surface area contributed by atoms with Gasteiger partial charge >= 0.3 is 0 Å². The highest BCUT2D eigenvalue weighted by atomic mass is 35.5. The molecule has 1 nitrogen and oxygen atoms in total. The van der Waals surface area contributed by atoms with E-state index in [-0.39, 0.29) is 12.4 Å². The zero-order valence-corrected chi connectivity index (χ0v) is 18.8. The molecule has 0 amide bonds. The number of hydrogen-bond donors (Lipinski definition) is 0. The van der Waals surface area contributed by atoms with E-state index >= 15 is 0 Å². The predicted molar refractivity (Wildman–Crippen MR) is 127 cm³/mol. The molecule has 3 heteroatoms. The summed E-state index contributed by atoms with van der Waals surface area (Å²) < 4.78 is 5.45. The highest BCUT2D eigenvalue weighted by Gasteiger charge is 2.44. The maximum atomic E-state index is 5.45. The molecule has 0 atom stereocenters. The Kier molecular flexibility index (Phi) is 7.69. The van der Waals surface area contributed by atoms with Crippen molar-refractivity contribution in [3.8, 4) is 5.75 Å². The molecule has 0 aliphatic rings. The van der Waals surface area contributed by atoms with Crippen LogP contribution < -0.4 is 33.1 Å². The molecule has 0 bridgehead atoms.